The second-order valence-corrected chi connectivity index (χ2v) is 5.98. The highest BCUT2D eigenvalue weighted by atomic mass is 16.5. The zero-order chi connectivity index (χ0) is 12.8. The Labute approximate surface area is 111 Å². The highest BCUT2D eigenvalue weighted by molar-refractivity contribution is 5.15. The molecule has 1 aromatic carbocycles. The fraction of sp³-hybridized carbons (Fsp3) is 0.625. The van der Waals surface area contributed by atoms with Gasteiger partial charge in [-0.2, -0.15) is 0 Å². The normalized spacial score (nSPS) is 20.2. The van der Waals surface area contributed by atoms with E-state index in [2.05, 4.69) is 49.5 Å². The Balaban J connectivity index is 1.72. The van der Waals surface area contributed by atoms with Crippen LogP contribution in [0.1, 0.15) is 32.3 Å². The van der Waals surface area contributed by atoms with Crippen molar-refractivity contribution in [2.24, 2.45) is 5.92 Å². The molecule has 1 atom stereocenters. The molecule has 18 heavy (non-hydrogen) atoms. The van der Waals surface area contributed by atoms with E-state index in [0.29, 0.717) is 5.92 Å². The number of nitrogens with one attached hydrogen (secondary N) is 1. The third kappa shape index (κ3) is 4.43. The quantitative estimate of drug-likeness (QED) is 0.834. The smallest absolute Gasteiger partial charge is 0.0507 e. The lowest BCUT2D eigenvalue weighted by atomic mass is 9.94. The molecular weight excluding hydrogens is 222 g/mol. The van der Waals surface area contributed by atoms with Gasteiger partial charge in [0.05, 0.1) is 6.61 Å². The van der Waals surface area contributed by atoms with E-state index < -0.39 is 0 Å². The number of benzene rings is 1. The van der Waals surface area contributed by atoms with E-state index in [1.165, 1.54) is 18.4 Å². The first kappa shape index (κ1) is 13.6. The monoisotopic (exact) mass is 247 g/mol. The predicted molar refractivity (Wildman–Crippen MR) is 75.8 cm³/mol. The molecule has 1 fully saturated rings. The predicted octanol–water partition coefficient (Wildman–Crippen LogP) is 3.02. The van der Waals surface area contributed by atoms with Gasteiger partial charge in [0, 0.05) is 18.7 Å². The van der Waals surface area contributed by atoms with Gasteiger partial charge in [-0.25, -0.2) is 0 Å². The van der Waals surface area contributed by atoms with Crippen molar-refractivity contribution >= 4 is 0 Å². The van der Waals surface area contributed by atoms with Crippen LogP contribution < -0.4 is 5.32 Å². The molecule has 2 heteroatoms. The molecule has 1 N–H and O–H groups in total. The second-order valence-electron chi connectivity index (χ2n) is 5.98. The molecule has 1 heterocycles. The maximum atomic E-state index is 5.41. The van der Waals surface area contributed by atoms with Gasteiger partial charge in [-0.1, -0.05) is 30.3 Å². The summed E-state index contributed by atoms with van der Waals surface area (Å²) in [4.78, 5) is 0. The van der Waals surface area contributed by atoms with Crippen LogP contribution in [0.3, 0.4) is 0 Å². The van der Waals surface area contributed by atoms with Crippen molar-refractivity contribution in [1.82, 2.24) is 5.32 Å². The lowest BCUT2D eigenvalue weighted by Gasteiger charge is -2.28. The number of hydrogen-bond acceptors (Lipinski definition) is 2. The summed E-state index contributed by atoms with van der Waals surface area (Å²) in [6.07, 6.45) is 3.52. The summed E-state index contributed by atoms with van der Waals surface area (Å²) in [7, 11) is 0. The average Bonchev–Trinajstić information content (AvgIpc) is 2.89. The van der Waals surface area contributed by atoms with Crippen LogP contribution in [0.25, 0.3) is 0 Å². The first-order valence-electron chi connectivity index (χ1n) is 7.02. The van der Waals surface area contributed by atoms with Gasteiger partial charge < -0.3 is 10.1 Å². The molecule has 1 unspecified atom stereocenters. The molecule has 100 valence electrons. The molecule has 1 aliphatic rings. The third-order valence-corrected chi connectivity index (χ3v) is 3.77. The zero-order valence-electron chi connectivity index (χ0n) is 11.6. The Morgan fingerprint density at radius 1 is 1.28 bits per heavy atom. The molecule has 1 aromatic rings. The molecule has 0 saturated carbocycles. The van der Waals surface area contributed by atoms with E-state index in [1.54, 1.807) is 0 Å². The SMILES string of the molecule is CC(C)(CCc1ccccc1)NCC1CCOC1. The molecule has 2 rings (SSSR count). The minimum atomic E-state index is 0.207. The number of ether oxygens (including phenoxy) is 1. The number of hydrogen-bond donors (Lipinski definition) is 1. The molecule has 0 aliphatic carbocycles. The van der Waals surface area contributed by atoms with Gasteiger partial charge in [0.2, 0.25) is 0 Å². The molecule has 0 bridgehead atoms. The lowest BCUT2D eigenvalue weighted by Crippen LogP contribution is -2.42. The molecule has 1 aliphatic heterocycles. The molecule has 0 radical (unpaired) electrons. The number of aryl methyl sites for hydroxylation is 1. The van der Waals surface area contributed by atoms with Crippen molar-refractivity contribution in [2.75, 3.05) is 19.8 Å². The van der Waals surface area contributed by atoms with Crippen LogP contribution in [0.5, 0.6) is 0 Å². The standard InChI is InChI=1S/C16H25NO/c1-16(2,17-12-15-9-11-18-13-15)10-8-14-6-4-3-5-7-14/h3-7,15,17H,8-13H2,1-2H3. The van der Waals surface area contributed by atoms with Crippen LogP contribution >= 0.6 is 0 Å². The van der Waals surface area contributed by atoms with E-state index in [-0.39, 0.29) is 5.54 Å². The highest BCUT2D eigenvalue weighted by Crippen LogP contribution is 2.16. The summed E-state index contributed by atoms with van der Waals surface area (Å²) in [6.45, 7) is 7.55. The van der Waals surface area contributed by atoms with Gasteiger partial charge in [0.15, 0.2) is 0 Å². The van der Waals surface area contributed by atoms with Crippen molar-refractivity contribution in [3.05, 3.63) is 35.9 Å². The molecule has 2 nitrogen and oxygen atoms in total. The Kier molecular flexibility index (Phi) is 4.79. The summed E-state index contributed by atoms with van der Waals surface area (Å²) in [5.74, 6) is 0.709. The first-order chi connectivity index (χ1) is 8.66. The van der Waals surface area contributed by atoms with Crippen LogP contribution in [0, 0.1) is 5.92 Å². The van der Waals surface area contributed by atoms with E-state index in [4.69, 9.17) is 4.74 Å². The zero-order valence-corrected chi connectivity index (χ0v) is 11.6. The van der Waals surface area contributed by atoms with Gasteiger partial charge in [0.1, 0.15) is 0 Å². The van der Waals surface area contributed by atoms with E-state index >= 15 is 0 Å². The number of rotatable bonds is 6. The van der Waals surface area contributed by atoms with Crippen LogP contribution in [-0.2, 0) is 11.2 Å². The van der Waals surface area contributed by atoms with Gasteiger partial charge >= 0.3 is 0 Å². The Bertz CT molecular complexity index is 341. The molecule has 1 saturated heterocycles. The van der Waals surface area contributed by atoms with Crippen molar-refractivity contribution < 1.29 is 4.74 Å². The van der Waals surface area contributed by atoms with E-state index in [9.17, 15) is 0 Å². The summed E-state index contributed by atoms with van der Waals surface area (Å²) in [6, 6.07) is 10.7. The van der Waals surface area contributed by atoms with E-state index in [0.717, 1.165) is 26.2 Å². The third-order valence-electron chi connectivity index (χ3n) is 3.77. The largest absolute Gasteiger partial charge is 0.381 e. The van der Waals surface area contributed by atoms with Gasteiger partial charge in [-0.15, -0.1) is 0 Å². The fourth-order valence-corrected chi connectivity index (χ4v) is 2.35. The van der Waals surface area contributed by atoms with Crippen molar-refractivity contribution in [3.63, 3.8) is 0 Å². The molecule has 0 amide bonds. The molecular formula is C16H25NO. The van der Waals surface area contributed by atoms with Crippen LogP contribution in [-0.4, -0.2) is 25.3 Å². The average molecular weight is 247 g/mol. The highest BCUT2D eigenvalue weighted by Gasteiger charge is 2.21. The first-order valence-corrected chi connectivity index (χ1v) is 7.02. The Hall–Kier alpha value is -0.860. The van der Waals surface area contributed by atoms with Gasteiger partial charge in [-0.3, -0.25) is 0 Å². The van der Waals surface area contributed by atoms with E-state index in [1.807, 2.05) is 0 Å². The van der Waals surface area contributed by atoms with Crippen molar-refractivity contribution in [3.8, 4) is 0 Å². The maximum Gasteiger partial charge on any atom is 0.0507 e. The Morgan fingerprint density at radius 2 is 2.06 bits per heavy atom. The summed E-state index contributed by atoms with van der Waals surface area (Å²) < 4.78 is 5.41. The summed E-state index contributed by atoms with van der Waals surface area (Å²) in [5.41, 5.74) is 1.63. The maximum absolute atomic E-state index is 5.41. The van der Waals surface area contributed by atoms with Crippen LogP contribution in [0.2, 0.25) is 0 Å². The lowest BCUT2D eigenvalue weighted by molar-refractivity contribution is 0.182. The van der Waals surface area contributed by atoms with Gasteiger partial charge in [0.25, 0.3) is 0 Å². The fourth-order valence-electron chi connectivity index (χ4n) is 2.35. The molecule has 0 spiro atoms. The minimum absolute atomic E-state index is 0.207. The topological polar surface area (TPSA) is 21.3 Å². The summed E-state index contributed by atoms with van der Waals surface area (Å²) in [5, 5.41) is 3.69. The summed E-state index contributed by atoms with van der Waals surface area (Å²) >= 11 is 0. The molecule has 0 aromatic heterocycles. The second kappa shape index (κ2) is 6.35. The minimum Gasteiger partial charge on any atom is -0.381 e. The Morgan fingerprint density at radius 3 is 2.72 bits per heavy atom. The van der Waals surface area contributed by atoms with Crippen LogP contribution in [0.15, 0.2) is 30.3 Å². The van der Waals surface area contributed by atoms with Crippen molar-refractivity contribution in [2.45, 2.75) is 38.6 Å². The van der Waals surface area contributed by atoms with Gasteiger partial charge in [-0.05, 0) is 44.6 Å². The van der Waals surface area contributed by atoms with Crippen molar-refractivity contribution in [1.29, 1.82) is 0 Å². The van der Waals surface area contributed by atoms with Crippen LogP contribution in [0.4, 0.5) is 0 Å².